The number of ether oxygens (including phenoxy) is 1. The standard InChI is InChI=1S/C23H19NO4S/c1-28-20-14-12-17(13-15-20)16-21-22(25)24(19-10-6-3-7-11-19)23(29(21,26)27)18-8-4-2-5-9-18/h2-16,23H,1H3. The van der Waals surface area contributed by atoms with Gasteiger partial charge < -0.3 is 4.74 Å². The van der Waals surface area contributed by atoms with E-state index in [4.69, 9.17) is 4.74 Å². The number of carbonyl (C=O) groups excluding carboxylic acids is 1. The lowest BCUT2D eigenvalue weighted by Gasteiger charge is -2.23. The molecule has 1 unspecified atom stereocenters. The molecular formula is C23H19NO4S. The first-order valence-electron chi connectivity index (χ1n) is 9.05. The molecule has 1 fully saturated rings. The van der Waals surface area contributed by atoms with Crippen LogP contribution in [0, 0.1) is 0 Å². The fourth-order valence-electron chi connectivity index (χ4n) is 3.39. The van der Waals surface area contributed by atoms with Gasteiger partial charge in [0.2, 0.25) is 9.84 Å². The van der Waals surface area contributed by atoms with Crippen molar-refractivity contribution in [2.75, 3.05) is 12.0 Å². The van der Waals surface area contributed by atoms with Crippen molar-refractivity contribution in [3.63, 3.8) is 0 Å². The van der Waals surface area contributed by atoms with Gasteiger partial charge in [-0.05, 0) is 41.5 Å². The van der Waals surface area contributed by atoms with E-state index < -0.39 is 21.1 Å². The number of sulfone groups is 1. The summed E-state index contributed by atoms with van der Waals surface area (Å²) in [5.74, 6) is 0.113. The summed E-state index contributed by atoms with van der Waals surface area (Å²) >= 11 is 0. The lowest BCUT2D eigenvalue weighted by Crippen LogP contribution is -2.28. The van der Waals surface area contributed by atoms with Crippen LogP contribution in [-0.4, -0.2) is 21.4 Å². The van der Waals surface area contributed by atoms with Crippen LogP contribution in [0.5, 0.6) is 5.75 Å². The van der Waals surface area contributed by atoms with Crippen molar-refractivity contribution in [3.8, 4) is 5.75 Å². The van der Waals surface area contributed by atoms with Crippen LogP contribution >= 0.6 is 0 Å². The van der Waals surface area contributed by atoms with Gasteiger partial charge in [0.15, 0.2) is 5.37 Å². The van der Waals surface area contributed by atoms with Gasteiger partial charge >= 0.3 is 0 Å². The zero-order valence-electron chi connectivity index (χ0n) is 15.7. The highest BCUT2D eigenvalue weighted by molar-refractivity contribution is 7.97. The Morgan fingerprint density at radius 3 is 2.03 bits per heavy atom. The smallest absolute Gasteiger partial charge is 0.271 e. The molecule has 146 valence electrons. The molecule has 6 heteroatoms. The maximum atomic E-state index is 13.5. The van der Waals surface area contributed by atoms with Gasteiger partial charge in [-0.2, -0.15) is 0 Å². The molecule has 1 heterocycles. The molecule has 0 radical (unpaired) electrons. The van der Waals surface area contributed by atoms with Crippen LogP contribution in [0.4, 0.5) is 5.69 Å². The van der Waals surface area contributed by atoms with Gasteiger partial charge in [0.05, 0.1) is 7.11 Å². The quantitative estimate of drug-likeness (QED) is 0.611. The minimum Gasteiger partial charge on any atom is -0.497 e. The highest BCUT2D eigenvalue weighted by atomic mass is 32.2. The molecule has 0 aromatic heterocycles. The van der Waals surface area contributed by atoms with Crippen LogP contribution in [0.3, 0.4) is 0 Å². The maximum Gasteiger partial charge on any atom is 0.271 e. The molecule has 4 rings (SSSR count). The molecule has 1 atom stereocenters. The average molecular weight is 405 g/mol. The molecule has 29 heavy (non-hydrogen) atoms. The van der Waals surface area contributed by atoms with Crippen LogP contribution in [-0.2, 0) is 14.6 Å². The number of benzene rings is 3. The van der Waals surface area contributed by atoms with Crippen molar-refractivity contribution in [2.24, 2.45) is 0 Å². The second-order valence-corrected chi connectivity index (χ2v) is 8.58. The lowest BCUT2D eigenvalue weighted by molar-refractivity contribution is -0.114. The minimum atomic E-state index is -3.94. The number of hydrogen-bond acceptors (Lipinski definition) is 4. The molecule has 0 saturated carbocycles. The zero-order valence-corrected chi connectivity index (χ0v) is 16.5. The first-order chi connectivity index (χ1) is 14.0. The van der Waals surface area contributed by atoms with Crippen LogP contribution in [0.2, 0.25) is 0 Å². The molecular weight excluding hydrogens is 386 g/mol. The van der Waals surface area contributed by atoms with E-state index in [0.717, 1.165) is 0 Å². The van der Waals surface area contributed by atoms with E-state index in [0.29, 0.717) is 22.6 Å². The molecule has 1 aliphatic rings. The Kier molecular flexibility index (Phi) is 4.94. The van der Waals surface area contributed by atoms with Crippen LogP contribution < -0.4 is 9.64 Å². The normalized spacial score (nSPS) is 19.5. The van der Waals surface area contributed by atoms with E-state index >= 15 is 0 Å². The van der Waals surface area contributed by atoms with Gasteiger partial charge in [-0.25, -0.2) is 8.42 Å². The molecule has 5 nitrogen and oxygen atoms in total. The molecule has 0 spiro atoms. The second-order valence-electron chi connectivity index (χ2n) is 6.60. The van der Waals surface area contributed by atoms with Crippen molar-refractivity contribution in [1.82, 2.24) is 0 Å². The predicted octanol–water partition coefficient (Wildman–Crippen LogP) is 4.20. The predicted molar refractivity (Wildman–Crippen MR) is 113 cm³/mol. The Morgan fingerprint density at radius 2 is 1.45 bits per heavy atom. The summed E-state index contributed by atoms with van der Waals surface area (Å²) in [5, 5.41) is -1.11. The Bertz CT molecular complexity index is 1150. The third kappa shape index (κ3) is 3.43. The first-order valence-corrected chi connectivity index (χ1v) is 10.6. The Morgan fingerprint density at radius 1 is 0.862 bits per heavy atom. The highest BCUT2D eigenvalue weighted by Gasteiger charge is 2.50. The largest absolute Gasteiger partial charge is 0.497 e. The average Bonchev–Trinajstić information content (AvgIpc) is 2.95. The van der Waals surface area contributed by atoms with E-state index in [1.165, 1.54) is 11.0 Å². The number of anilines is 1. The third-order valence-corrected chi connectivity index (χ3v) is 6.77. The summed E-state index contributed by atoms with van der Waals surface area (Å²) in [6.45, 7) is 0. The van der Waals surface area contributed by atoms with Gasteiger partial charge in [0.25, 0.3) is 5.91 Å². The molecule has 0 N–H and O–H groups in total. The summed E-state index contributed by atoms with van der Waals surface area (Å²) in [7, 11) is -2.38. The van der Waals surface area contributed by atoms with Crippen molar-refractivity contribution in [3.05, 3.63) is 101 Å². The van der Waals surface area contributed by atoms with E-state index in [2.05, 4.69) is 0 Å². The summed E-state index contributed by atoms with van der Waals surface area (Å²) in [5.41, 5.74) is 1.69. The number of amides is 1. The first kappa shape index (κ1) is 19.0. The number of methoxy groups -OCH3 is 1. The maximum absolute atomic E-state index is 13.5. The van der Waals surface area contributed by atoms with Gasteiger partial charge in [0.1, 0.15) is 10.7 Å². The molecule has 3 aromatic rings. The Hall–Kier alpha value is -3.38. The summed E-state index contributed by atoms with van der Waals surface area (Å²) in [6.07, 6.45) is 1.43. The van der Waals surface area contributed by atoms with Crippen molar-refractivity contribution >= 4 is 27.5 Å². The van der Waals surface area contributed by atoms with Crippen LogP contribution in [0.25, 0.3) is 6.08 Å². The Labute approximate surface area is 169 Å². The Balaban J connectivity index is 1.87. The van der Waals surface area contributed by atoms with Crippen LogP contribution in [0.1, 0.15) is 16.5 Å². The second kappa shape index (κ2) is 7.56. The van der Waals surface area contributed by atoms with Crippen LogP contribution in [0.15, 0.2) is 89.8 Å². The monoisotopic (exact) mass is 405 g/mol. The van der Waals surface area contributed by atoms with E-state index in [1.807, 2.05) is 12.1 Å². The molecule has 0 bridgehead atoms. The molecule has 0 aliphatic carbocycles. The fraction of sp³-hybridized carbons (Fsp3) is 0.0870. The molecule has 3 aromatic carbocycles. The topological polar surface area (TPSA) is 63.7 Å². The molecule has 1 aliphatic heterocycles. The van der Waals surface area contributed by atoms with E-state index in [-0.39, 0.29) is 4.91 Å². The van der Waals surface area contributed by atoms with Gasteiger partial charge in [0, 0.05) is 5.69 Å². The molecule has 1 saturated heterocycles. The fourth-order valence-corrected chi connectivity index (χ4v) is 5.28. The van der Waals surface area contributed by atoms with Gasteiger partial charge in [-0.15, -0.1) is 0 Å². The summed E-state index contributed by atoms with van der Waals surface area (Å²) in [4.78, 5) is 14.4. The molecule has 1 amide bonds. The van der Waals surface area contributed by atoms with E-state index in [1.54, 1.807) is 79.9 Å². The number of hydrogen-bond donors (Lipinski definition) is 0. The summed E-state index contributed by atoms with van der Waals surface area (Å²) < 4.78 is 32.1. The lowest BCUT2D eigenvalue weighted by atomic mass is 10.1. The van der Waals surface area contributed by atoms with Gasteiger partial charge in [-0.1, -0.05) is 60.7 Å². The van der Waals surface area contributed by atoms with Crippen molar-refractivity contribution in [1.29, 1.82) is 0 Å². The van der Waals surface area contributed by atoms with Crippen molar-refractivity contribution < 1.29 is 17.9 Å². The van der Waals surface area contributed by atoms with Gasteiger partial charge in [-0.3, -0.25) is 9.69 Å². The SMILES string of the molecule is COc1ccc(C=C2C(=O)N(c3ccccc3)C(c3ccccc3)S2(=O)=O)cc1. The minimum absolute atomic E-state index is 0.222. The van der Waals surface area contributed by atoms with E-state index in [9.17, 15) is 13.2 Å². The number of para-hydroxylation sites is 1. The number of carbonyl (C=O) groups is 1. The number of nitrogens with zero attached hydrogens (tertiary/aromatic N) is 1. The zero-order chi connectivity index (χ0) is 20.4. The third-order valence-electron chi connectivity index (χ3n) is 4.80. The number of rotatable bonds is 4. The van der Waals surface area contributed by atoms with Crippen molar-refractivity contribution in [2.45, 2.75) is 5.37 Å². The summed E-state index contributed by atoms with van der Waals surface area (Å²) in [6, 6.07) is 24.5. The highest BCUT2D eigenvalue weighted by Crippen LogP contribution is 2.43.